The summed E-state index contributed by atoms with van der Waals surface area (Å²) < 4.78 is 194. The number of aryl methyl sites for hydroxylation is 1. The SMILES string of the molecule is CCOC(Cc1ccc(OCCN(CC(F)(F)C(F)(F)C(F)(F)C(F)(F)C(F)(F)C(F)(F)F)C(=O)Nc2cc(C)ccc2OC)cc1)C(=O)O. The van der Waals surface area contributed by atoms with Crippen LogP contribution >= 0.6 is 0 Å². The molecule has 0 saturated heterocycles. The molecule has 0 bridgehead atoms. The van der Waals surface area contributed by atoms with Crippen molar-refractivity contribution in [1.29, 1.82) is 0 Å². The predicted octanol–water partition coefficient (Wildman–Crippen LogP) is 7.69. The van der Waals surface area contributed by atoms with E-state index in [0.29, 0.717) is 11.1 Å². The Morgan fingerprint density at radius 1 is 0.840 bits per heavy atom. The second-order valence-corrected chi connectivity index (χ2v) is 10.5. The van der Waals surface area contributed by atoms with Gasteiger partial charge in [0.05, 0.1) is 25.9 Å². The molecule has 0 aliphatic heterocycles. The van der Waals surface area contributed by atoms with Crippen LogP contribution < -0.4 is 14.8 Å². The number of ether oxygens (including phenoxy) is 3. The molecule has 2 rings (SSSR count). The maximum absolute atomic E-state index is 14.9. The first-order chi connectivity index (χ1) is 22.8. The van der Waals surface area contributed by atoms with E-state index >= 15 is 0 Å². The molecule has 0 aromatic heterocycles. The summed E-state index contributed by atoms with van der Waals surface area (Å²) in [6.07, 6.45) is -8.90. The highest BCUT2D eigenvalue weighted by Gasteiger charge is 2.90. The first kappa shape index (κ1) is 42.0. The lowest BCUT2D eigenvalue weighted by Gasteiger charge is -2.40. The predicted molar refractivity (Wildman–Crippen MR) is 148 cm³/mol. The zero-order valence-corrected chi connectivity index (χ0v) is 26.0. The topological polar surface area (TPSA) is 97.3 Å². The lowest BCUT2D eigenvalue weighted by molar-refractivity contribution is -0.439. The first-order valence-corrected chi connectivity index (χ1v) is 14.0. The fraction of sp³-hybridized carbons (Fsp3) is 0.517. The van der Waals surface area contributed by atoms with Crippen molar-refractivity contribution in [3.8, 4) is 11.5 Å². The third-order valence-corrected chi connectivity index (χ3v) is 6.89. The molecule has 2 amide bonds. The van der Waals surface area contributed by atoms with Gasteiger partial charge < -0.3 is 29.5 Å². The van der Waals surface area contributed by atoms with Crippen LogP contribution in [-0.2, 0) is 16.0 Å². The van der Waals surface area contributed by atoms with Gasteiger partial charge >= 0.3 is 47.8 Å². The molecule has 0 saturated carbocycles. The summed E-state index contributed by atoms with van der Waals surface area (Å²) in [6.45, 7) is -1.96. The zero-order valence-electron chi connectivity index (χ0n) is 26.0. The first-order valence-electron chi connectivity index (χ1n) is 14.0. The Balaban J connectivity index is 2.41. The number of carboxylic acid groups (broad SMARTS) is 1. The van der Waals surface area contributed by atoms with Gasteiger partial charge in [-0.25, -0.2) is 9.59 Å². The van der Waals surface area contributed by atoms with E-state index in [9.17, 15) is 71.8 Å². The lowest BCUT2D eigenvalue weighted by atomic mass is 9.93. The normalized spacial score (nSPS) is 13.8. The molecule has 0 aliphatic carbocycles. The van der Waals surface area contributed by atoms with Crippen LogP contribution in [0.5, 0.6) is 11.5 Å². The molecular formula is C29H29F13N2O6. The number of benzene rings is 2. The summed E-state index contributed by atoms with van der Waals surface area (Å²) in [4.78, 5) is 23.9. The Kier molecular flexibility index (Phi) is 12.9. The molecule has 282 valence electrons. The Morgan fingerprint density at radius 3 is 1.90 bits per heavy atom. The van der Waals surface area contributed by atoms with Gasteiger partial charge in [-0.05, 0) is 49.2 Å². The van der Waals surface area contributed by atoms with E-state index < -0.39 is 73.6 Å². The van der Waals surface area contributed by atoms with Gasteiger partial charge in [0.25, 0.3) is 0 Å². The molecule has 0 spiro atoms. The monoisotopic (exact) mass is 748 g/mol. The number of amides is 2. The number of halogens is 13. The minimum atomic E-state index is -8.10. The maximum Gasteiger partial charge on any atom is 0.460 e. The summed E-state index contributed by atoms with van der Waals surface area (Å²) >= 11 is 0. The number of methoxy groups -OCH3 is 1. The summed E-state index contributed by atoms with van der Waals surface area (Å²) in [5.74, 6) is -39.8. The molecule has 2 N–H and O–H groups in total. The van der Waals surface area contributed by atoms with E-state index in [1.165, 1.54) is 49.4 Å². The molecule has 8 nitrogen and oxygen atoms in total. The highest BCUT2D eigenvalue weighted by Crippen LogP contribution is 2.60. The molecule has 1 unspecified atom stereocenters. The van der Waals surface area contributed by atoms with E-state index in [1.807, 2.05) is 5.32 Å². The molecule has 21 heteroatoms. The van der Waals surface area contributed by atoms with Crippen LogP contribution in [0.3, 0.4) is 0 Å². The van der Waals surface area contributed by atoms with E-state index in [1.54, 1.807) is 6.92 Å². The molecule has 2 aromatic carbocycles. The largest absolute Gasteiger partial charge is 0.495 e. The van der Waals surface area contributed by atoms with Crippen molar-refractivity contribution >= 4 is 17.7 Å². The number of nitrogens with one attached hydrogen (secondary N) is 1. The third kappa shape index (κ3) is 8.76. The van der Waals surface area contributed by atoms with Crippen molar-refractivity contribution in [2.75, 3.05) is 38.7 Å². The number of aliphatic carboxylic acids is 1. The number of anilines is 1. The number of hydrogen-bond donors (Lipinski definition) is 2. The van der Waals surface area contributed by atoms with Gasteiger partial charge in [0.2, 0.25) is 0 Å². The number of urea groups is 1. The van der Waals surface area contributed by atoms with Gasteiger partial charge in [0.15, 0.2) is 6.10 Å². The molecule has 2 aromatic rings. The van der Waals surface area contributed by atoms with Gasteiger partial charge in [-0.3, -0.25) is 0 Å². The third-order valence-electron chi connectivity index (χ3n) is 6.89. The molecule has 0 fully saturated rings. The highest BCUT2D eigenvalue weighted by atomic mass is 19.4. The maximum atomic E-state index is 14.9. The van der Waals surface area contributed by atoms with Crippen LogP contribution in [0.15, 0.2) is 42.5 Å². The summed E-state index contributed by atoms with van der Waals surface area (Å²) in [6, 6.07) is 7.18. The van der Waals surface area contributed by atoms with Gasteiger partial charge in [0.1, 0.15) is 18.1 Å². The number of alkyl halides is 13. The average molecular weight is 749 g/mol. The number of carbonyl (C=O) groups is 2. The van der Waals surface area contributed by atoms with E-state index in [4.69, 9.17) is 14.2 Å². The number of hydrogen-bond acceptors (Lipinski definition) is 5. The minimum Gasteiger partial charge on any atom is -0.495 e. The zero-order chi connectivity index (χ0) is 38.5. The van der Waals surface area contributed by atoms with Gasteiger partial charge in [-0.15, -0.1) is 0 Å². The van der Waals surface area contributed by atoms with Gasteiger partial charge in [-0.2, -0.15) is 57.1 Å². The van der Waals surface area contributed by atoms with Gasteiger partial charge in [-0.1, -0.05) is 18.2 Å². The van der Waals surface area contributed by atoms with Crippen LogP contribution in [0.2, 0.25) is 0 Å². The molecule has 0 heterocycles. The quantitative estimate of drug-likeness (QED) is 0.161. The van der Waals surface area contributed by atoms with Gasteiger partial charge in [0, 0.05) is 13.0 Å². The second-order valence-electron chi connectivity index (χ2n) is 10.5. The number of carboxylic acids is 1. The van der Waals surface area contributed by atoms with Crippen molar-refractivity contribution in [2.24, 2.45) is 0 Å². The van der Waals surface area contributed by atoms with Crippen LogP contribution in [0.25, 0.3) is 0 Å². The van der Waals surface area contributed by atoms with Crippen molar-refractivity contribution < 1.29 is 86.0 Å². The van der Waals surface area contributed by atoms with Crippen molar-refractivity contribution in [3.63, 3.8) is 0 Å². The van der Waals surface area contributed by atoms with Crippen molar-refractivity contribution in [3.05, 3.63) is 53.6 Å². The van der Waals surface area contributed by atoms with E-state index in [0.717, 1.165) is 7.11 Å². The fourth-order valence-electron chi connectivity index (χ4n) is 4.14. The Morgan fingerprint density at radius 2 is 1.40 bits per heavy atom. The lowest BCUT2D eigenvalue weighted by Crippen LogP contribution is -2.71. The Bertz CT molecular complexity index is 1470. The average Bonchev–Trinajstić information content (AvgIpc) is 3.00. The number of rotatable bonds is 17. The van der Waals surface area contributed by atoms with E-state index in [-0.39, 0.29) is 35.1 Å². The minimum absolute atomic E-state index is 0.0734. The molecule has 50 heavy (non-hydrogen) atoms. The van der Waals surface area contributed by atoms with Crippen LogP contribution in [0.1, 0.15) is 18.1 Å². The van der Waals surface area contributed by atoms with Crippen molar-refractivity contribution in [2.45, 2.75) is 62.2 Å². The number of nitrogens with zero attached hydrogens (tertiary/aromatic N) is 1. The summed E-state index contributed by atoms with van der Waals surface area (Å²) in [5.41, 5.74) is 0.504. The molecule has 1 atom stereocenters. The van der Waals surface area contributed by atoms with Crippen LogP contribution in [0, 0.1) is 6.92 Å². The fourth-order valence-corrected chi connectivity index (χ4v) is 4.14. The van der Waals surface area contributed by atoms with E-state index in [2.05, 4.69) is 0 Å². The molecule has 0 aliphatic rings. The Hall–Kier alpha value is -4.17. The smallest absolute Gasteiger partial charge is 0.460 e. The highest BCUT2D eigenvalue weighted by molar-refractivity contribution is 5.91. The second kappa shape index (κ2) is 15.4. The molecular weight excluding hydrogens is 719 g/mol. The van der Waals surface area contributed by atoms with Crippen LogP contribution in [-0.4, -0.2) is 97.3 Å². The van der Waals surface area contributed by atoms with Crippen molar-refractivity contribution in [1.82, 2.24) is 4.90 Å². The summed E-state index contributed by atoms with van der Waals surface area (Å²) in [7, 11) is 1.09. The standard InChI is InChI=1S/C29H29F13N2O6/c1-4-49-21(22(45)46)14-17-6-8-18(9-7-17)50-12-11-44(23(47)43-19-13-16(2)5-10-20(19)48-3)15-24(30,31)25(32,33)26(34,35)27(36,37)28(38,39)29(40,41)42/h5-10,13,21H,4,11-12,14-15H2,1-3H3,(H,43,47)(H,45,46). The van der Waals surface area contributed by atoms with Crippen LogP contribution in [0.4, 0.5) is 67.6 Å². The number of carbonyl (C=O) groups excluding carboxylic acids is 1. The summed E-state index contributed by atoms with van der Waals surface area (Å²) in [5, 5.41) is 11.1. The Labute approximate surface area is 275 Å². The molecule has 0 radical (unpaired) electrons.